The van der Waals surface area contributed by atoms with Crippen LogP contribution >= 0.6 is 0 Å². The molecule has 3 heteroatoms. The number of benzene rings is 5. The first-order valence-electron chi connectivity index (χ1n) is 16.6. The molecule has 220 valence electrons. The largest absolute Gasteiger partial charge is 0.307 e. The summed E-state index contributed by atoms with van der Waals surface area (Å²) in [5.41, 5.74) is 18.7. The first kappa shape index (κ1) is 28.5. The third kappa shape index (κ3) is 4.74. The molecule has 5 aromatic carbocycles. The van der Waals surface area contributed by atoms with E-state index in [0.717, 1.165) is 12.8 Å². The fourth-order valence-electron chi connectivity index (χ4n) is 7.72. The van der Waals surface area contributed by atoms with Crippen molar-refractivity contribution in [1.29, 1.82) is 0 Å². The molecule has 0 spiro atoms. The number of rotatable bonds is 8. The number of aryl methyl sites for hydroxylation is 5. The Kier molecular flexibility index (Phi) is 7.58. The molecule has 7 rings (SSSR count). The smallest absolute Gasteiger partial charge is 0.247 e. The van der Waals surface area contributed by atoms with Crippen LogP contribution < -0.4 is 26.2 Å². The monoisotopic (exact) mass is 574 g/mol. The fraction of sp³-hybridized carbons (Fsp3) is 0.268. The Morgan fingerprint density at radius 1 is 0.545 bits per heavy atom. The summed E-state index contributed by atoms with van der Waals surface area (Å²) in [6, 6.07) is 37.3. The van der Waals surface area contributed by atoms with Crippen molar-refractivity contribution >= 4 is 57.2 Å². The van der Waals surface area contributed by atoms with Crippen molar-refractivity contribution in [1.82, 2.24) is 0 Å². The van der Waals surface area contributed by atoms with E-state index in [-0.39, 0.29) is 6.71 Å². The number of unbranched alkanes of at least 4 members (excludes halogenated alkanes) is 2. The Morgan fingerprint density at radius 3 is 1.84 bits per heavy atom. The zero-order chi connectivity index (χ0) is 30.4. The summed E-state index contributed by atoms with van der Waals surface area (Å²) in [5.74, 6) is 0. The first-order valence-corrected chi connectivity index (χ1v) is 16.6. The fourth-order valence-corrected chi connectivity index (χ4v) is 7.72. The van der Waals surface area contributed by atoms with Crippen molar-refractivity contribution in [3.8, 4) is 0 Å². The highest BCUT2D eigenvalue weighted by Gasteiger charge is 2.42. The van der Waals surface area contributed by atoms with Crippen LogP contribution in [0.3, 0.4) is 0 Å². The van der Waals surface area contributed by atoms with E-state index in [0.29, 0.717) is 0 Å². The van der Waals surface area contributed by atoms with Crippen LogP contribution in [0.1, 0.15) is 67.3 Å². The Labute approximate surface area is 264 Å². The SMILES string of the molecule is CCCCc1ccc(N2c3ccccc3N3c4ccc(CCCC)cc4B(c4c(C)cc(C)cc4C)c4cccc2c43)cc1. The van der Waals surface area contributed by atoms with Crippen molar-refractivity contribution in [2.45, 2.75) is 73.1 Å². The minimum atomic E-state index is 0.168. The topological polar surface area (TPSA) is 6.48 Å². The van der Waals surface area contributed by atoms with Crippen LogP contribution in [-0.2, 0) is 12.8 Å². The zero-order valence-electron chi connectivity index (χ0n) is 27.0. The molecule has 2 aliphatic rings. The quantitative estimate of drug-likeness (QED) is 0.167. The zero-order valence-corrected chi connectivity index (χ0v) is 27.0. The van der Waals surface area contributed by atoms with Gasteiger partial charge >= 0.3 is 0 Å². The van der Waals surface area contributed by atoms with Crippen molar-refractivity contribution in [3.05, 3.63) is 125 Å². The molecule has 0 saturated carbocycles. The lowest BCUT2D eigenvalue weighted by atomic mass is 9.33. The summed E-state index contributed by atoms with van der Waals surface area (Å²) in [6.45, 7) is 11.5. The van der Waals surface area contributed by atoms with Gasteiger partial charge in [-0.25, -0.2) is 0 Å². The molecule has 0 atom stereocenters. The van der Waals surface area contributed by atoms with Gasteiger partial charge in [0.2, 0.25) is 6.71 Å². The van der Waals surface area contributed by atoms with Gasteiger partial charge in [-0.15, -0.1) is 0 Å². The molecule has 0 unspecified atom stereocenters. The summed E-state index contributed by atoms with van der Waals surface area (Å²) < 4.78 is 0. The molecule has 0 amide bonds. The standard InChI is InChI=1S/C41H43BN2/c1-6-8-13-31-19-22-33(23-20-31)43-37-16-10-11-17-38(37)44-36-24-21-32(14-9-7-2)27-35(36)42(34-15-12-18-39(43)41(34)44)40-29(4)25-28(3)26-30(40)5/h10-12,15-27H,6-9,13-14H2,1-5H3. The lowest BCUT2D eigenvalue weighted by Gasteiger charge is -2.46. The number of para-hydroxylation sites is 3. The summed E-state index contributed by atoms with van der Waals surface area (Å²) in [6.07, 6.45) is 7.12. The average molecular weight is 575 g/mol. The molecule has 5 aromatic rings. The molecule has 2 aliphatic heterocycles. The molecule has 0 saturated heterocycles. The predicted molar refractivity (Wildman–Crippen MR) is 192 cm³/mol. The molecule has 44 heavy (non-hydrogen) atoms. The maximum Gasteiger partial charge on any atom is 0.247 e. The van der Waals surface area contributed by atoms with Crippen molar-refractivity contribution in [3.63, 3.8) is 0 Å². The second-order valence-corrected chi connectivity index (χ2v) is 12.9. The van der Waals surface area contributed by atoms with E-state index >= 15 is 0 Å². The van der Waals surface area contributed by atoms with Crippen LogP contribution in [0.25, 0.3) is 0 Å². The Balaban J connectivity index is 1.48. The van der Waals surface area contributed by atoms with E-state index in [2.05, 4.69) is 141 Å². The normalized spacial score (nSPS) is 13.1. The Hall–Kier alpha value is -4.24. The first-order chi connectivity index (χ1) is 21.5. The van der Waals surface area contributed by atoms with Gasteiger partial charge < -0.3 is 9.80 Å². The maximum absolute atomic E-state index is 2.56. The molecule has 0 bridgehead atoms. The van der Waals surface area contributed by atoms with Crippen LogP contribution in [0, 0.1) is 20.8 Å². The molecule has 0 aliphatic carbocycles. The highest BCUT2D eigenvalue weighted by molar-refractivity contribution is 6.98. The highest BCUT2D eigenvalue weighted by Crippen LogP contribution is 2.54. The lowest BCUT2D eigenvalue weighted by molar-refractivity contribution is 0.795. The third-order valence-electron chi connectivity index (χ3n) is 9.69. The van der Waals surface area contributed by atoms with Gasteiger partial charge in [-0.1, -0.05) is 110 Å². The van der Waals surface area contributed by atoms with Crippen LogP contribution in [0.4, 0.5) is 34.1 Å². The Morgan fingerprint density at radius 2 is 1.16 bits per heavy atom. The van der Waals surface area contributed by atoms with Gasteiger partial charge in [0.15, 0.2) is 0 Å². The Bertz CT molecular complexity index is 1810. The maximum atomic E-state index is 2.56. The molecule has 0 N–H and O–H groups in total. The van der Waals surface area contributed by atoms with Crippen LogP contribution in [0.2, 0.25) is 0 Å². The van der Waals surface area contributed by atoms with Gasteiger partial charge in [0, 0.05) is 11.4 Å². The van der Waals surface area contributed by atoms with Crippen molar-refractivity contribution in [2.24, 2.45) is 0 Å². The van der Waals surface area contributed by atoms with Gasteiger partial charge in [0.05, 0.1) is 22.7 Å². The van der Waals surface area contributed by atoms with E-state index in [9.17, 15) is 0 Å². The number of nitrogens with zero attached hydrogens (tertiary/aromatic N) is 2. The molecular formula is C41H43BN2. The van der Waals surface area contributed by atoms with Crippen LogP contribution in [-0.4, -0.2) is 6.71 Å². The molecule has 0 radical (unpaired) electrons. The van der Waals surface area contributed by atoms with E-state index in [4.69, 9.17) is 0 Å². The van der Waals surface area contributed by atoms with E-state index in [1.807, 2.05) is 0 Å². The summed E-state index contributed by atoms with van der Waals surface area (Å²) in [7, 11) is 0. The number of anilines is 6. The van der Waals surface area contributed by atoms with Gasteiger partial charge in [-0.3, -0.25) is 0 Å². The highest BCUT2D eigenvalue weighted by atomic mass is 15.3. The van der Waals surface area contributed by atoms with E-state index in [1.165, 1.54) is 104 Å². The number of fused-ring (bicyclic) bond motifs is 4. The summed E-state index contributed by atoms with van der Waals surface area (Å²) in [4.78, 5) is 5.04. The minimum Gasteiger partial charge on any atom is -0.307 e. The lowest BCUT2D eigenvalue weighted by Crippen LogP contribution is -2.59. The molecular weight excluding hydrogens is 531 g/mol. The third-order valence-corrected chi connectivity index (χ3v) is 9.69. The van der Waals surface area contributed by atoms with Gasteiger partial charge in [-0.2, -0.15) is 0 Å². The van der Waals surface area contributed by atoms with Crippen LogP contribution in [0.15, 0.2) is 97.1 Å². The summed E-state index contributed by atoms with van der Waals surface area (Å²) >= 11 is 0. The van der Waals surface area contributed by atoms with Gasteiger partial charge in [0.1, 0.15) is 0 Å². The minimum absolute atomic E-state index is 0.168. The van der Waals surface area contributed by atoms with Gasteiger partial charge in [-0.05, 0) is 105 Å². The summed E-state index contributed by atoms with van der Waals surface area (Å²) in [5, 5.41) is 0. The second kappa shape index (κ2) is 11.7. The van der Waals surface area contributed by atoms with Crippen LogP contribution in [0.5, 0.6) is 0 Å². The number of hydrogen-bond donors (Lipinski definition) is 0. The second-order valence-electron chi connectivity index (χ2n) is 12.9. The van der Waals surface area contributed by atoms with Crippen molar-refractivity contribution < 1.29 is 0 Å². The molecule has 0 aromatic heterocycles. The molecule has 0 fully saturated rings. The number of hydrogen-bond acceptors (Lipinski definition) is 2. The average Bonchev–Trinajstić information content (AvgIpc) is 3.03. The van der Waals surface area contributed by atoms with E-state index in [1.54, 1.807) is 0 Å². The van der Waals surface area contributed by atoms with Crippen molar-refractivity contribution in [2.75, 3.05) is 9.80 Å². The van der Waals surface area contributed by atoms with Gasteiger partial charge in [0.25, 0.3) is 0 Å². The molecule has 2 nitrogen and oxygen atoms in total. The predicted octanol–water partition coefficient (Wildman–Crippen LogP) is 9.38. The van der Waals surface area contributed by atoms with E-state index < -0.39 is 0 Å². The molecule has 2 heterocycles.